The zero-order valence-corrected chi connectivity index (χ0v) is 16.3. The predicted molar refractivity (Wildman–Crippen MR) is 107 cm³/mol. The Morgan fingerprint density at radius 1 is 1.00 bits per heavy atom. The van der Waals surface area contributed by atoms with E-state index in [4.69, 9.17) is 10.7 Å². The Bertz CT molecular complexity index is 1060. The van der Waals surface area contributed by atoms with Crippen molar-refractivity contribution in [3.05, 3.63) is 66.0 Å². The van der Waals surface area contributed by atoms with Gasteiger partial charge in [0, 0.05) is 24.2 Å². The van der Waals surface area contributed by atoms with Crippen molar-refractivity contribution in [1.29, 1.82) is 0 Å². The number of carbonyl (C=O) groups is 1. The van der Waals surface area contributed by atoms with E-state index in [1.807, 2.05) is 13.8 Å². The average Bonchev–Trinajstić information content (AvgIpc) is 3.09. The predicted octanol–water partition coefficient (Wildman–Crippen LogP) is 3.53. The molecule has 1 amide bonds. The number of halogens is 2. The first-order valence-electron chi connectivity index (χ1n) is 9.46. The Morgan fingerprint density at radius 3 is 2.10 bits per heavy atom. The van der Waals surface area contributed by atoms with Crippen molar-refractivity contribution in [3.8, 4) is 22.5 Å². The number of hydrogen-bond acceptors (Lipinski definition) is 3. The molecule has 2 N–H and O–H groups in total. The van der Waals surface area contributed by atoms with Gasteiger partial charge in [-0.15, -0.1) is 0 Å². The van der Waals surface area contributed by atoms with E-state index in [0.717, 1.165) is 16.8 Å². The minimum Gasteiger partial charge on any atom is -0.327 e. The Balaban J connectivity index is 1.95. The van der Waals surface area contributed by atoms with E-state index in [-0.39, 0.29) is 24.1 Å². The van der Waals surface area contributed by atoms with Gasteiger partial charge in [0.05, 0.1) is 23.5 Å². The van der Waals surface area contributed by atoms with Crippen LogP contribution in [-0.2, 0) is 16.9 Å². The molecule has 0 saturated heterocycles. The van der Waals surface area contributed by atoms with Gasteiger partial charge < -0.3 is 15.2 Å². The molecule has 0 bridgehead atoms. The van der Waals surface area contributed by atoms with Gasteiger partial charge in [-0.1, -0.05) is 0 Å². The first kappa shape index (κ1) is 19.3. The van der Waals surface area contributed by atoms with Gasteiger partial charge in [0.25, 0.3) is 0 Å². The van der Waals surface area contributed by atoms with Crippen molar-refractivity contribution in [2.75, 3.05) is 13.1 Å². The second-order valence-electron chi connectivity index (χ2n) is 7.61. The van der Waals surface area contributed by atoms with Gasteiger partial charge in [0.15, 0.2) is 0 Å². The molecule has 3 aromatic rings. The second-order valence-corrected chi connectivity index (χ2v) is 7.61. The average molecular weight is 396 g/mol. The van der Waals surface area contributed by atoms with Crippen LogP contribution in [0.2, 0.25) is 0 Å². The zero-order valence-electron chi connectivity index (χ0n) is 16.3. The smallest absolute Gasteiger partial charge is 0.237 e. The van der Waals surface area contributed by atoms with E-state index in [2.05, 4.69) is 4.57 Å². The molecule has 2 heterocycles. The molecule has 0 radical (unpaired) electrons. The molecule has 1 aliphatic rings. The molecule has 29 heavy (non-hydrogen) atoms. The van der Waals surface area contributed by atoms with Crippen molar-refractivity contribution in [3.63, 3.8) is 0 Å². The van der Waals surface area contributed by atoms with E-state index < -0.39 is 5.54 Å². The van der Waals surface area contributed by atoms with Crippen LogP contribution in [0.4, 0.5) is 8.78 Å². The highest BCUT2D eigenvalue weighted by Crippen LogP contribution is 2.40. The summed E-state index contributed by atoms with van der Waals surface area (Å²) in [5.41, 5.74) is 7.96. The highest BCUT2D eigenvalue weighted by Gasteiger charge is 2.41. The number of aromatic nitrogens is 2. The molecule has 2 aromatic carbocycles. The minimum absolute atomic E-state index is 0.0697. The molecule has 0 spiro atoms. The molecule has 0 aliphatic carbocycles. The van der Waals surface area contributed by atoms with E-state index in [1.165, 1.54) is 24.3 Å². The third-order valence-electron chi connectivity index (χ3n) is 5.45. The van der Waals surface area contributed by atoms with Crippen LogP contribution in [0.3, 0.4) is 0 Å². The van der Waals surface area contributed by atoms with Crippen molar-refractivity contribution in [2.45, 2.75) is 25.9 Å². The molecular formula is C22H22F2N4O. The summed E-state index contributed by atoms with van der Waals surface area (Å²) in [6.45, 7) is 4.82. The number of nitrogens with zero attached hydrogens (tertiary/aromatic N) is 3. The van der Waals surface area contributed by atoms with E-state index in [0.29, 0.717) is 24.6 Å². The summed E-state index contributed by atoms with van der Waals surface area (Å²) in [6.07, 6.45) is 0. The fourth-order valence-corrected chi connectivity index (χ4v) is 3.99. The fourth-order valence-electron chi connectivity index (χ4n) is 3.99. The Hall–Kier alpha value is -3.06. The van der Waals surface area contributed by atoms with Crippen LogP contribution in [0.5, 0.6) is 0 Å². The van der Waals surface area contributed by atoms with Crippen LogP contribution in [0.1, 0.15) is 19.7 Å². The van der Waals surface area contributed by atoms with Gasteiger partial charge in [-0.3, -0.25) is 4.79 Å². The van der Waals surface area contributed by atoms with Crippen molar-refractivity contribution in [1.82, 2.24) is 14.5 Å². The topological polar surface area (TPSA) is 64.2 Å². The highest BCUT2D eigenvalue weighted by molar-refractivity contribution is 5.81. The van der Waals surface area contributed by atoms with Gasteiger partial charge >= 0.3 is 0 Å². The summed E-state index contributed by atoms with van der Waals surface area (Å²) in [7, 11) is 0. The summed E-state index contributed by atoms with van der Waals surface area (Å²) in [5, 5.41) is 0. The number of benzene rings is 2. The lowest BCUT2D eigenvalue weighted by molar-refractivity contribution is -0.137. The third kappa shape index (κ3) is 3.21. The molecule has 1 aliphatic heterocycles. The molecule has 0 saturated carbocycles. The largest absolute Gasteiger partial charge is 0.327 e. The first-order valence-corrected chi connectivity index (χ1v) is 9.46. The van der Waals surface area contributed by atoms with Crippen molar-refractivity contribution >= 4 is 5.91 Å². The highest BCUT2D eigenvalue weighted by atomic mass is 19.1. The van der Waals surface area contributed by atoms with E-state index >= 15 is 0 Å². The van der Waals surface area contributed by atoms with Gasteiger partial charge in [0.1, 0.15) is 17.5 Å². The standard InChI is InChI=1S/C22H22F2N4O/c1-22(2)21-26-19(14-3-7-16(23)8-4-14)20(15-5-9-17(24)10-6-15)27(21)11-12-28(22)18(29)13-25/h3-10H,11-13,25H2,1-2H3. The maximum absolute atomic E-state index is 13.5. The number of nitrogens with two attached hydrogens (primary N) is 1. The minimum atomic E-state index is -0.679. The Labute approximate surface area is 167 Å². The van der Waals surface area contributed by atoms with Crippen LogP contribution in [0, 0.1) is 11.6 Å². The lowest BCUT2D eigenvalue weighted by atomic mass is 9.98. The molecule has 5 nitrogen and oxygen atoms in total. The number of hydrogen-bond donors (Lipinski definition) is 1. The summed E-state index contributed by atoms with van der Waals surface area (Å²) >= 11 is 0. The number of rotatable bonds is 3. The van der Waals surface area contributed by atoms with Gasteiger partial charge in [-0.25, -0.2) is 13.8 Å². The fraction of sp³-hybridized carbons (Fsp3) is 0.273. The number of imidazole rings is 1. The quantitative estimate of drug-likeness (QED) is 0.737. The normalized spacial score (nSPS) is 15.3. The molecular weight excluding hydrogens is 374 g/mol. The lowest BCUT2D eigenvalue weighted by Gasteiger charge is -2.42. The monoisotopic (exact) mass is 396 g/mol. The Kier molecular flexibility index (Phi) is 4.70. The molecule has 0 atom stereocenters. The summed E-state index contributed by atoms with van der Waals surface area (Å²) in [4.78, 5) is 19.0. The van der Waals surface area contributed by atoms with E-state index in [1.54, 1.807) is 29.2 Å². The van der Waals surface area contributed by atoms with Crippen LogP contribution < -0.4 is 5.73 Å². The van der Waals surface area contributed by atoms with Crippen LogP contribution in [0.25, 0.3) is 22.5 Å². The second kappa shape index (κ2) is 7.08. The van der Waals surface area contributed by atoms with Crippen LogP contribution in [0.15, 0.2) is 48.5 Å². The molecule has 0 unspecified atom stereocenters. The van der Waals surface area contributed by atoms with Crippen molar-refractivity contribution < 1.29 is 13.6 Å². The van der Waals surface area contributed by atoms with Crippen LogP contribution >= 0.6 is 0 Å². The van der Waals surface area contributed by atoms with Gasteiger partial charge in [0.2, 0.25) is 5.91 Å². The molecule has 7 heteroatoms. The summed E-state index contributed by atoms with van der Waals surface area (Å²) < 4.78 is 29.1. The number of carbonyl (C=O) groups excluding carboxylic acids is 1. The van der Waals surface area contributed by atoms with Crippen LogP contribution in [-0.4, -0.2) is 33.4 Å². The van der Waals surface area contributed by atoms with E-state index in [9.17, 15) is 13.6 Å². The first-order chi connectivity index (χ1) is 13.8. The third-order valence-corrected chi connectivity index (χ3v) is 5.45. The maximum Gasteiger partial charge on any atom is 0.237 e. The maximum atomic E-state index is 13.5. The molecule has 0 fully saturated rings. The zero-order chi connectivity index (χ0) is 20.8. The SMILES string of the molecule is CC1(C)c2nc(-c3ccc(F)cc3)c(-c3ccc(F)cc3)n2CCN1C(=O)CN. The van der Waals surface area contributed by atoms with Crippen molar-refractivity contribution in [2.24, 2.45) is 5.73 Å². The molecule has 1 aromatic heterocycles. The Morgan fingerprint density at radius 2 is 1.55 bits per heavy atom. The van der Waals surface area contributed by atoms with Gasteiger partial charge in [-0.05, 0) is 62.4 Å². The molecule has 150 valence electrons. The summed E-state index contributed by atoms with van der Waals surface area (Å²) in [6, 6.07) is 12.3. The summed E-state index contributed by atoms with van der Waals surface area (Å²) in [5.74, 6) is -0.0864. The van der Waals surface area contributed by atoms with Gasteiger partial charge in [-0.2, -0.15) is 0 Å². The molecule has 4 rings (SSSR count). The number of fused-ring (bicyclic) bond motifs is 1. The lowest BCUT2D eigenvalue weighted by Crippen LogP contribution is -2.53. The number of amides is 1.